The number of hydrogen-bond donors (Lipinski definition) is 1. The molecule has 2 rings (SSSR count). The van der Waals surface area contributed by atoms with Crippen LogP contribution in [0.15, 0.2) is 18.2 Å². The molecule has 1 aromatic carbocycles. The summed E-state index contributed by atoms with van der Waals surface area (Å²) in [6, 6.07) is 5.53. The highest BCUT2D eigenvalue weighted by atomic mass is 16.5. The Labute approximate surface area is 119 Å². The van der Waals surface area contributed by atoms with Crippen LogP contribution in [0.25, 0.3) is 0 Å². The van der Waals surface area contributed by atoms with E-state index in [-0.39, 0.29) is 6.10 Å². The predicted octanol–water partition coefficient (Wildman–Crippen LogP) is 3.20. The average Bonchev–Trinajstić information content (AvgIpc) is 2.60. The largest absolute Gasteiger partial charge is 0.489 e. The van der Waals surface area contributed by atoms with Crippen LogP contribution in [-0.2, 0) is 7.05 Å². The van der Waals surface area contributed by atoms with Gasteiger partial charge >= 0.3 is 0 Å². The van der Waals surface area contributed by atoms with Crippen molar-refractivity contribution in [3.63, 3.8) is 0 Å². The van der Waals surface area contributed by atoms with Crippen LogP contribution in [0.1, 0.15) is 25.2 Å². The third-order valence-corrected chi connectivity index (χ3v) is 3.04. The van der Waals surface area contributed by atoms with E-state index in [9.17, 15) is 0 Å². The highest BCUT2D eigenvalue weighted by Gasteiger charge is 2.15. The van der Waals surface area contributed by atoms with Gasteiger partial charge in [0.1, 0.15) is 17.1 Å². The SMILES string of the molecule is Cc1nn(C)c(C)c1Oc1cccc(OC(C)C)c1N. The summed E-state index contributed by atoms with van der Waals surface area (Å²) in [7, 11) is 1.89. The van der Waals surface area contributed by atoms with Crippen molar-refractivity contribution in [2.45, 2.75) is 33.8 Å². The van der Waals surface area contributed by atoms with Crippen molar-refractivity contribution in [2.75, 3.05) is 5.73 Å². The van der Waals surface area contributed by atoms with Gasteiger partial charge in [-0.1, -0.05) is 6.07 Å². The van der Waals surface area contributed by atoms with Crippen LogP contribution in [0.3, 0.4) is 0 Å². The highest BCUT2D eigenvalue weighted by molar-refractivity contribution is 5.63. The monoisotopic (exact) mass is 275 g/mol. The topological polar surface area (TPSA) is 62.3 Å². The number of rotatable bonds is 4. The van der Waals surface area contributed by atoms with Gasteiger partial charge in [0.05, 0.1) is 11.8 Å². The van der Waals surface area contributed by atoms with Crippen molar-refractivity contribution in [1.82, 2.24) is 9.78 Å². The maximum atomic E-state index is 6.11. The van der Waals surface area contributed by atoms with Gasteiger partial charge in [0.15, 0.2) is 11.5 Å². The van der Waals surface area contributed by atoms with Gasteiger partial charge in [-0.2, -0.15) is 5.10 Å². The van der Waals surface area contributed by atoms with Crippen LogP contribution in [0.4, 0.5) is 5.69 Å². The number of nitrogens with zero attached hydrogens (tertiary/aromatic N) is 2. The van der Waals surface area contributed by atoms with E-state index in [1.54, 1.807) is 4.68 Å². The number of benzene rings is 1. The number of hydrogen-bond acceptors (Lipinski definition) is 4. The molecule has 1 aromatic heterocycles. The molecule has 1 heterocycles. The Balaban J connectivity index is 2.34. The van der Waals surface area contributed by atoms with E-state index in [0.717, 1.165) is 17.1 Å². The second kappa shape index (κ2) is 5.45. The quantitative estimate of drug-likeness (QED) is 0.870. The normalized spacial score (nSPS) is 10.9. The molecule has 0 unspecified atom stereocenters. The number of nitrogen functional groups attached to an aromatic ring is 1. The molecule has 0 saturated carbocycles. The molecule has 0 amide bonds. The maximum absolute atomic E-state index is 6.11. The van der Waals surface area contributed by atoms with Gasteiger partial charge in [-0.15, -0.1) is 0 Å². The average molecular weight is 275 g/mol. The zero-order valence-electron chi connectivity index (χ0n) is 12.6. The number of nitrogens with two attached hydrogens (primary N) is 1. The molecule has 5 nitrogen and oxygen atoms in total. The molecule has 2 N–H and O–H groups in total. The maximum Gasteiger partial charge on any atom is 0.171 e. The molecule has 0 radical (unpaired) electrons. The Morgan fingerprint density at radius 1 is 1.20 bits per heavy atom. The summed E-state index contributed by atoms with van der Waals surface area (Å²) in [5, 5.41) is 4.33. The Morgan fingerprint density at radius 2 is 1.85 bits per heavy atom. The summed E-state index contributed by atoms with van der Waals surface area (Å²) in [5.41, 5.74) is 8.40. The Morgan fingerprint density at radius 3 is 2.40 bits per heavy atom. The van der Waals surface area contributed by atoms with Gasteiger partial charge in [0.2, 0.25) is 0 Å². The van der Waals surface area contributed by atoms with Crippen LogP contribution in [0.2, 0.25) is 0 Å². The fraction of sp³-hybridized carbons (Fsp3) is 0.400. The highest BCUT2D eigenvalue weighted by Crippen LogP contribution is 2.36. The Kier molecular flexibility index (Phi) is 3.88. The van der Waals surface area contributed by atoms with E-state index in [1.807, 2.05) is 52.9 Å². The van der Waals surface area contributed by atoms with Crippen molar-refractivity contribution < 1.29 is 9.47 Å². The second-order valence-electron chi connectivity index (χ2n) is 5.06. The van der Waals surface area contributed by atoms with Gasteiger partial charge < -0.3 is 15.2 Å². The lowest BCUT2D eigenvalue weighted by atomic mass is 10.2. The fourth-order valence-corrected chi connectivity index (χ4v) is 1.98. The minimum absolute atomic E-state index is 0.0643. The molecule has 0 bridgehead atoms. The zero-order chi connectivity index (χ0) is 14.9. The van der Waals surface area contributed by atoms with Crippen LogP contribution in [0, 0.1) is 13.8 Å². The summed E-state index contributed by atoms with van der Waals surface area (Å²) in [5.74, 6) is 1.96. The Hall–Kier alpha value is -2.17. The van der Waals surface area contributed by atoms with Gasteiger partial charge in [-0.3, -0.25) is 4.68 Å². The summed E-state index contributed by atoms with van der Waals surface area (Å²) < 4.78 is 13.4. The van der Waals surface area contributed by atoms with Crippen LogP contribution in [-0.4, -0.2) is 15.9 Å². The molecule has 0 atom stereocenters. The second-order valence-corrected chi connectivity index (χ2v) is 5.06. The first kappa shape index (κ1) is 14.2. The van der Waals surface area contributed by atoms with E-state index < -0.39 is 0 Å². The van der Waals surface area contributed by atoms with Crippen molar-refractivity contribution in [2.24, 2.45) is 7.05 Å². The zero-order valence-corrected chi connectivity index (χ0v) is 12.6. The fourth-order valence-electron chi connectivity index (χ4n) is 1.98. The summed E-state index contributed by atoms with van der Waals surface area (Å²) >= 11 is 0. The van der Waals surface area contributed by atoms with E-state index in [1.165, 1.54) is 0 Å². The van der Waals surface area contributed by atoms with Gasteiger partial charge in [-0.25, -0.2) is 0 Å². The predicted molar refractivity (Wildman–Crippen MR) is 79.4 cm³/mol. The van der Waals surface area contributed by atoms with Gasteiger partial charge in [0.25, 0.3) is 0 Å². The lowest BCUT2D eigenvalue weighted by Crippen LogP contribution is -2.08. The molecule has 0 aliphatic heterocycles. The smallest absolute Gasteiger partial charge is 0.171 e. The molecular weight excluding hydrogens is 254 g/mol. The first-order chi connectivity index (χ1) is 9.40. The molecule has 20 heavy (non-hydrogen) atoms. The summed E-state index contributed by atoms with van der Waals surface area (Å²) in [6.07, 6.45) is 0.0643. The molecule has 108 valence electrons. The van der Waals surface area contributed by atoms with Crippen molar-refractivity contribution in [3.05, 3.63) is 29.6 Å². The molecule has 0 spiro atoms. The molecule has 0 aliphatic rings. The number of para-hydroxylation sites is 1. The van der Waals surface area contributed by atoms with Crippen molar-refractivity contribution in [3.8, 4) is 17.2 Å². The first-order valence-electron chi connectivity index (χ1n) is 6.63. The standard InChI is InChI=1S/C15H21N3O2/c1-9(2)19-12-7-6-8-13(14(12)16)20-15-10(3)17-18(5)11(15)4/h6-9H,16H2,1-5H3. The number of ether oxygens (including phenoxy) is 2. The van der Waals surface area contributed by atoms with Crippen molar-refractivity contribution in [1.29, 1.82) is 0 Å². The lowest BCUT2D eigenvalue weighted by Gasteiger charge is -2.15. The summed E-state index contributed by atoms with van der Waals surface area (Å²) in [4.78, 5) is 0. The van der Waals surface area contributed by atoms with E-state index >= 15 is 0 Å². The minimum atomic E-state index is 0.0643. The molecule has 0 fully saturated rings. The van der Waals surface area contributed by atoms with Crippen LogP contribution < -0.4 is 15.2 Å². The third kappa shape index (κ3) is 2.71. The molecule has 0 aliphatic carbocycles. The number of anilines is 1. The van der Waals surface area contributed by atoms with E-state index in [4.69, 9.17) is 15.2 Å². The number of aryl methyl sites for hydroxylation is 2. The van der Waals surface area contributed by atoms with Crippen molar-refractivity contribution >= 4 is 5.69 Å². The van der Waals surface area contributed by atoms with Crippen LogP contribution in [0.5, 0.6) is 17.2 Å². The summed E-state index contributed by atoms with van der Waals surface area (Å²) in [6.45, 7) is 7.79. The number of aromatic nitrogens is 2. The molecule has 5 heteroatoms. The van der Waals surface area contributed by atoms with E-state index in [0.29, 0.717) is 17.2 Å². The minimum Gasteiger partial charge on any atom is -0.489 e. The molecule has 2 aromatic rings. The van der Waals surface area contributed by atoms with Gasteiger partial charge in [-0.05, 0) is 39.8 Å². The molecule has 0 saturated heterocycles. The van der Waals surface area contributed by atoms with Crippen LogP contribution >= 0.6 is 0 Å². The third-order valence-electron chi connectivity index (χ3n) is 3.04. The first-order valence-corrected chi connectivity index (χ1v) is 6.63. The van der Waals surface area contributed by atoms with E-state index in [2.05, 4.69) is 5.10 Å². The lowest BCUT2D eigenvalue weighted by molar-refractivity contribution is 0.243. The van der Waals surface area contributed by atoms with Gasteiger partial charge in [0, 0.05) is 7.05 Å². The molecular formula is C15H21N3O2. The Bertz CT molecular complexity index is 618.